The molecule has 1 N–H and O–H groups in total. The highest BCUT2D eigenvalue weighted by Crippen LogP contribution is 2.28. The molecule has 2 aromatic heterocycles. The summed E-state index contributed by atoms with van der Waals surface area (Å²) in [5.74, 6) is 0.505. The van der Waals surface area contributed by atoms with Crippen molar-refractivity contribution in [3.63, 3.8) is 0 Å². The Morgan fingerprint density at radius 3 is 2.35 bits per heavy atom. The van der Waals surface area contributed by atoms with Crippen LogP contribution in [0.4, 0.5) is 0 Å². The zero-order valence-corrected chi connectivity index (χ0v) is 19.9. The molecule has 1 aliphatic carbocycles. The van der Waals surface area contributed by atoms with Gasteiger partial charge in [-0.3, -0.25) is 14.6 Å². The summed E-state index contributed by atoms with van der Waals surface area (Å²) in [6.45, 7) is 4.43. The third-order valence-corrected chi connectivity index (χ3v) is 6.48. The van der Waals surface area contributed by atoms with Gasteiger partial charge < -0.3 is 14.6 Å². The van der Waals surface area contributed by atoms with Gasteiger partial charge in [0.1, 0.15) is 17.5 Å². The van der Waals surface area contributed by atoms with Gasteiger partial charge in [-0.25, -0.2) is 0 Å². The predicted octanol–water partition coefficient (Wildman–Crippen LogP) is 5.63. The Kier molecular flexibility index (Phi) is 7.78. The number of hydrogen-bond donors (Lipinski definition) is 1. The first-order chi connectivity index (χ1) is 16.5. The van der Waals surface area contributed by atoms with Gasteiger partial charge in [0.05, 0.1) is 12.8 Å². The number of nitrogens with zero attached hydrogens (tertiary/aromatic N) is 2. The van der Waals surface area contributed by atoms with Gasteiger partial charge in [-0.15, -0.1) is 0 Å². The van der Waals surface area contributed by atoms with E-state index in [0.29, 0.717) is 17.4 Å². The minimum Gasteiger partial charge on any atom is -0.467 e. The Labute approximate surface area is 201 Å². The molecular formula is C28H33N3O3. The molecule has 1 aromatic carbocycles. The van der Waals surface area contributed by atoms with Crippen LogP contribution in [0.25, 0.3) is 0 Å². The number of furan rings is 1. The standard InChI is InChI=1S/C28H33N3O3/c1-20(2)21-13-15-22(16-14-21)26(27(32)30-23-9-4-3-5-10-23)31(19-24-11-8-18-34-24)28(33)25-12-6-7-17-29-25/h6-8,11-18,20,23,26H,3-5,9-10,19H2,1-2H3,(H,30,32)/t26-/m1/s1. The second kappa shape index (κ2) is 11.1. The summed E-state index contributed by atoms with van der Waals surface area (Å²) >= 11 is 0. The molecule has 6 nitrogen and oxygen atoms in total. The average Bonchev–Trinajstić information content (AvgIpc) is 3.38. The highest BCUT2D eigenvalue weighted by atomic mass is 16.3. The lowest BCUT2D eigenvalue weighted by Gasteiger charge is -2.33. The van der Waals surface area contributed by atoms with Crippen LogP contribution >= 0.6 is 0 Å². The molecule has 0 spiro atoms. The van der Waals surface area contributed by atoms with E-state index in [4.69, 9.17) is 4.42 Å². The number of amides is 2. The number of carbonyl (C=O) groups excluding carboxylic acids is 2. The summed E-state index contributed by atoms with van der Waals surface area (Å²) in [5.41, 5.74) is 2.25. The normalized spacial score (nSPS) is 15.1. The molecule has 6 heteroatoms. The van der Waals surface area contributed by atoms with Crippen LogP contribution in [0.1, 0.15) is 85.3 Å². The third kappa shape index (κ3) is 5.74. The lowest BCUT2D eigenvalue weighted by molar-refractivity contribution is -0.127. The highest BCUT2D eigenvalue weighted by Gasteiger charge is 2.34. The van der Waals surface area contributed by atoms with Gasteiger partial charge in [0.25, 0.3) is 5.91 Å². The Hall–Kier alpha value is -3.41. The maximum atomic E-state index is 13.8. The van der Waals surface area contributed by atoms with Gasteiger partial charge in [-0.1, -0.05) is 63.4 Å². The monoisotopic (exact) mass is 459 g/mol. The molecule has 0 bridgehead atoms. The van der Waals surface area contributed by atoms with Crippen LogP contribution in [-0.4, -0.2) is 27.7 Å². The second-order valence-electron chi connectivity index (χ2n) is 9.29. The van der Waals surface area contributed by atoms with E-state index in [-0.39, 0.29) is 24.4 Å². The SMILES string of the molecule is CC(C)c1ccc([C@H](C(=O)NC2CCCCC2)N(Cc2ccco2)C(=O)c2ccccn2)cc1. The van der Waals surface area contributed by atoms with Crippen LogP contribution in [0, 0.1) is 0 Å². The number of hydrogen-bond acceptors (Lipinski definition) is 4. The lowest BCUT2D eigenvalue weighted by atomic mass is 9.94. The number of pyridine rings is 1. The fourth-order valence-electron chi connectivity index (χ4n) is 4.55. The Balaban J connectivity index is 1.72. The molecule has 0 radical (unpaired) electrons. The molecule has 1 aliphatic rings. The van der Waals surface area contributed by atoms with Crippen LogP contribution in [-0.2, 0) is 11.3 Å². The Morgan fingerprint density at radius 1 is 1.00 bits per heavy atom. The topological polar surface area (TPSA) is 75.4 Å². The van der Waals surface area contributed by atoms with Gasteiger partial charge in [0.15, 0.2) is 0 Å². The minimum atomic E-state index is -0.803. The second-order valence-corrected chi connectivity index (χ2v) is 9.29. The van der Waals surface area contributed by atoms with E-state index in [1.165, 1.54) is 12.0 Å². The minimum absolute atomic E-state index is 0.133. The molecule has 1 atom stereocenters. The third-order valence-electron chi connectivity index (χ3n) is 6.48. The molecule has 3 aromatic rings. The molecule has 1 saturated carbocycles. The van der Waals surface area contributed by atoms with Gasteiger partial charge in [0, 0.05) is 12.2 Å². The molecule has 2 amide bonds. The van der Waals surface area contributed by atoms with Crippen molar-refractivity contribution < 1.29 is 14.0 Å². The maximum absolute atomic E-state index is 13.8. The summed E-state index contributed by atoms with van der Waals surface area (Å²) in [4.78, 5) is 33.3. The van der Waals surface area contributed by atoms with Crippen molar-refractivity contribution >= 4 is 11.8 Å². The summed E-state index contributed by atoms with van der Waals surface area (Å²) in [5, 5.41) is 3.24. The first kappa shape index (κ1) is 23.7. The molecule has 34 heavy (non-hydrogen) atoms. The van der Waals surface area contributed by atoms with Crippen molar-refractivity contribution in [2.75, 3.05) is 0 Å². The Morgan fingerprint density at radius 2 is 1.74 bits per heavy atom. The van der Waals surface area contributed by atoms with Crippen molar-refractivity contribution in [2.24, 2.45) is 0 Å². The number of nitrogens with one attached hydrogen (secondary N) is 1. The van der Waals surface area contributed by atoms with Gasteiger partial charge in [0.2, 0.25) is 5.91 Å². The van der Waals surface area contributed by atoms with Crippen molar-refractivity contribution in [3.05, 3.63) is 89.6 Å². The zero-order valence-electron chi connectivity index (χ0n) is 19.9. The predicted molar refractivity (Wildman–Crippen MR) is 131 cm³/mol. The quantitative estimate of drug-likeness (QED) is 0.474. The molecule has 4 rings (SSSR count). The van der Waals surface area contributed by atoms with Gasteiger partial charge in [-0.2, -0.15) is 0 Å². The summed E-state index contributed by atoms with van der Waals surface area (Å²) < 4.78 is 5.57. The first-order valence-electron chi connectivity index (χ1n) is 12.2. The van der Waals surface area contributed by atoms with E-state index in [1.807, 2.05) is 30.3 Å². The van der Waals surface area contributed by atoms with E-state index in [2.05, 4.69) is 24.1 Å². The largest absolute Gasteiger partial charge is 0.467 e. The molecular weight excluding hydrogens is 426 g/mol. The van der Waals surface area contributed by atoms with Gasteiger partial charge >= 0.3 is 0 Å². The van der Waals surface area contributed by atoms with Crippen molar-refractivity contribution in [1.29, 1.82) is 0 Å². The summed E-state index contributed by atoms with van der Waals surface area (Å²) in [6.07, 6.45) is 8.53. The van der Waals surface area contributed by atoms with Crippen LogP contribution < -0.4 is 5.32 Å². The van der Waals surface area contributed by atoms with E-state index in [9.17, 15) is 9.59 Å². The van der Waals surface area contributed by atoms with Crippen LogP contribution in [0.15, 0.2) is 71.5 Å². The van der Waals surface area contributed by atoms with Crippen LogP contribution in [0.2, 0.25) is 0 Å². The van der Waals surface area contributed by atoms with E-state index in [1.54, 1.807) is 41.6 Å². The number of rotatable bonds is 8. The van der Waals surface area contributed by atoms with Crippen LogP contribution in [0.3, 0.4) is 0 Å². The smallest absolute Gasteiger partial charge is 0.273 e. The highest BCUT2D eigenvalue weighted by molar-refractivity contribution is 5.96. The number of aromatic nitrogens is 1. The maximum Gasteiger partial charge on any atom is 0.273 e. The van der Waals surface area contributed by atoms with Crippen molar-refractivity contribution in [1.82, 2.24) is 15.2 Å². The molecule has 178 valence electrons. The summed E-state index contributed by atoms with van der Waals surface area (Å²) in [6, 6.07) is 16.2. The molecule has 0 unspecified atom stereocenters. The van der Waals surface area contributed by atoms with Gasteiger partial charge in [-0.05, 0) is 54.2 Å². The fraction of sp³-hybridized carbons (Fsp3) is 0.393. The average molecular weight is 460 g/mol. The molecule has 1 fully saturated rings. The van der Waals surface area contributed by atoms with Crippen molar-refractivity contribution in [2.45, 2.75) is 70.5 Å². The zero-order chi connectivity index (χ0) is 23.9. The summed E-state index contributed by atoms with van der Waals surface area (Å²) in [7, 11) is 0. The van der Waals surface area contributed by atoms with E-state index in [0.717, 1.165) is 31.2 Å². The molecule has 2 heterocycles. The van der Waals surface area contributed by atoms with Crippen LogP contribution in [0.5, 0.6) is 0 Å². The number of benzene rings is 1. The Bertz CT molecular complexity index is 1060. The fourth-order valence-corrected chi connectivity index (χ4v) is 4.55. The lowest BCUT2D eigenvalue weighted by Crippen LogP contribution is -2.47. The van der Waals surface area contributed by atoms with E-state index < -0.39 is 6.04 Å². The van der Waals surface area contributed by atoms with Crippen molar-refractivity contribution in [3.8, 4) is 0 Å². The van der Waals surface area contributed by atoms with E-state index >= 15 is 0 Å². The molecule has 0 aliphatic heterocycles. The molecule has 0 saturated heterocycles. The first-order valence-corrected chi connectivity index (χ1v) is 12.2. The number of carbonyl (C=O) groups is 2.